The van der Waals surface area contributed by atoms with Gasteiger partial charge >= 0.3 is 0 Å². The fourth-order valence-electron chi connectivity index (χ4n) is 8.75. The standard InChI is InChI=1S/C64H52O6P2/c1-47-13-37-61(38-14-47)71(65,59-9-5-3-6-10-59)62-39-31-56(32-40-62)68-54-27-19-50(20-28-54)46-51-21-29-55(30-22-51)70-58-35-43-64(44-36-58)72(66,60-11-7-4-8-12-60)63-41-33-57(34-42-63)69-53-25-17-49(18-26-53)45-48-15-23-52(67-2)24-16-48/h3-44H,45-46H2,1-2H3. The molecule has 0 aliphatic carbocycles. The van der Waals surface area contributed by atoms with Gasteiger partial charge in [-0.15, -0.1) is 0 Å². The van der Waals surface area contributed by atoms with Gasteiger partial charge in [0.05, 0.1) is 7.11 Å². The van der Waals surface area contributed by atoms with E-state index in [9.17, 15) is 4.57 Å². The maximum atomic E-state index is 15.3. The highest BCUT2D eigenvalue weighted by Gasteiger charge is 2.31. The maximum Gasteiger partial charge on any atom is 0.171 e. The molecule has 0 bridgehead atoms. The molecule has 2 atom stereocenters. The van der Waals surface area contributed by atoms with Gasteiger partial charge in [-0.05, 0) is 163 Å². The zero-order valence-electron chi connectivity index (χ0n) is 40.0. The van der Waals surface area contributed by atoms with Crippen molar-refractivity contribution in [1.82, 2.24) is 0 Å². The molecule has 8 heteroatoms. The minimum absolute atomic E-state index is 0.645. The lowest BCUT2D eigenvalue weighted by molar-refractivity contribution is 0.414. The Morgan fingerprint density at radius 1 is 0.278 bits per heavy atom. The largest absolute Gasteiger partial charge is 0.497 e. The Hall–Kier alpha value is -8.14. The number of hydrogen-bond acceptors (Lipinski definition) is 6. The van der Waals surface area contributed by atoms with Gasteiger partial charge < -0.3 is 28.1 Å². The third-order valence-electron chi connectivity index (χ3n) is 12.7. The first-order chi connectivity index (χ1) is 35.2. The van der Waals surface area contributed by atoms with Crippen LogP contribution < -0.4 is 50.8 Å². The smallest absolute Gasteiger partial charge is 0.171 e. The molecule has 10 aromatic carbocycles. The Balaban J connectivity index is 0.758. The normalized spacial score (nSPS) is 12.8. The van der Waals surface area contributed by atoms with Crippen molar-refractivity contribution >= 4 is 46.1 Å². The lowest BCUT2D eigenvalue weighted by Crippen LogP contribution is -2.24. The summed E-state index contributed by atoms with van der Waals surface area (Å²) in [5.74, 6) is 4.96. The molecule has 0 amide bonds. The molecule has 0 N–H and O–H groups in total. The van der Waals surface area contributed by atoms with Gasteiger partial charge in [0.1, 0.15) is 40.2 Å². The molecule has 0 spiro atoms. The molecule has 0 saturated heterocycles. The van der Waals surface area contributed by atoms with Gasteiger partial charge in [0.2, 0.25) is 0 Å². The van der Waals surface area contributed by atoms with Crippen LogP contribution in [0.25, 0.3) is 0 Å². The van der Waals surface area contributed by atoms with E-state index in [1.807, 2.05) is 213 Å². The first-order valence-electron chi connectivity index (χ1n) is 23.9. The summed E-state index contributed by atoms with van der Waals surface area (Å²) in [6.45, 7) is 2.03. The highest BCUT2D eigenvalue weighted by Crippen LogP contribution is 2.44. The van der Waals surface area contributed by atoms with E-state index in [2.05, 4.69) is 48.5 Å². The molecule has 0 aliphatic heterocycles. The summed E-state index contributed by atoms with van der Waals surface area (Å²) in [4.78, 5) is 0. The van der Waals surface area contributed by atoms with Gasteiger partial charge in [-0.1, -0.05) is 139 Å². The van der Waals surface area contributed by atoms with Gasteiger partial charge in [-0.3, -0.25) is 0 Å². The Kier molecular flexibility index (Phi) is 14.2. The fourth-order valence-corrected chi connectivity index (χ4v) is 14.0. The van der Waals surface area contributed by atoms with Crippen molar-refractivity contribution < 1.29 is 28.1 Å². The predicted octanol–water partition coefficient (Wildman–Crippen LogP) is 13.8. The van der Waals surface area contributed by atoms with Gasteiger partial charge in [0.25, 0.3) is 0 Å². The molecule has 0 heterocycles. The second-order valence-electron chi connectivity index (χ2n) is 17.6. The van der Waals surface area contributed by atoms with Crippen LogP contribution in [0.3, 0.4) is 0 Å². The van der Waals surface area contributed by atoms with Crippen molar-refractivity contribution in [2.45, 2.75) is 19.8 Å². The minimum atomic E-state index is -3.25. The summed E-state index contributed by atoms with van der Waals surface area (Å²) >= 11 is 0. The number of methoxy groups -OCH3 is 1. The Labute approximate surface area is 421 Å². The van der Waals surface area contributed by atoms with Crippen LogP contribution in [0.5, 0.6) is 40.2 Å². The number of ether oxygens (including phenoxy) is 4. The maximum absolute atomic E-state index is 15.3. The van der Waals surface area contributed by atoms with Crippen molar-refractivity contribution in [2.75, 3.05) is 7.11 Å². The van der Waals surface area contributed by atoms with Crippen LogP contribution in [0, 0.1) is 6.92 Å². The van der Waals surface area contributed by atoms with Crippen LogP contribution >= 0.6 is 14.3 Å². The van der Waals surface area contributed by atoms with E-state index in [4.69, 9.17) is 18.9 Å². The molecule has 0 radical (unpaired) electrons. The lowest BCUT2D eigenvalue weighted by Gasteiger charge is -2.20. The summed E-state index contributed by atoms with van der Waals surface area (Å²) in [6.07, 6.45) is 1.54. The molecule has 2 unspecified atom stereocenters. The molecule has 0 saturated carbocycles. The second-order valence-corrected chi connectivity index (χ2v) is 23.2. The molecular weight excluding hydrogens is 927 g/mol. The SMILES string of the molecule is COc1ccc(Cc2ccc(Oc3ccc(P(=O)(c4ccccc4)c4ccc(Oc5ccc(Cc6ccc(Oc7ccc(P(=O)(c8ccccc8)c8ccc(C)cc8)cc7)cc6)cc5)cc4)cc3)cc2)cc1. The lowest BCUT2D eigenvalue weighted by atomic mass is 10.0. The first-order valence-corrected chi connectivity index (χ1v) is 27.3. The van der Waals surface area contributed by atoms with E-state index in [0.717, 1.165) is 62.2 Å². The third-order valence-corrected chi connectivity index (χ3v) is 18.8. The quantitative estimate of drug-likeness (QED) is 0.0847. The van der Waals surface area contributed by atoms with Crippen molar-refractivity contribution in [3.63, 3.8) is 0 Å². The molecular formula is C64H52O6P2. The zero-order chi connectivity index (χ0) is 49.3. The predicted molar refractivity (Wildman–Crippen MR) is 295 cm³/mol. The summed E-state index contributed by atoms with van der Waals surface area (Å²) in [5.41, 5.74) is 5.78. The van der Waals surface area contributed by atoms with Gasteiger partial charge in [0, 0.05) is 31.8 Å². The van der Waals surface area contributed by atoms with Crippen LogP contribution in [0.15, 0.2) is 255 Å². The van der Waals surface area contributed by atoms with E-state index in [0.29, 0.717) is 39.4 Å². The van der Waals surface area contributed by atoms with Crippen LogP contribution in [0.4, 0.5) is 0 Å². The number of benzene rings is 10. The van der Waals surface area contributed by atoms with Crippen LogP contribution in [0.2, 0.25) is 0 Å². The average Bonchev–Trinajstić information content (AvgIpc) is 3.43. The third kappa shape index (κ3) is 10.8. The monoisotopic (exact) mass is 978 g/mol. The van der Waals surface area contributed by atoms with Gasteiger partial charge in [-0.25, -0.2) is 0 Å². The Morgan fingerprint density at radius 2 is 0.500 bits per heavy atom. The van der Waals surface area contributed by atoms with Crippen LogP contribution in [-0.4, -0.2) is 7.11 Å². The van der Waals surface area contributed by atoms with Crippen molar-refractivity contribution in [2.24, 2.45) is 0 Å². The Morgan fingerprint density at radius 3 is 0.764 bits per heavy atom. The van der Waals surface area contributed by atoms with Crippen LogP contribution in [-0.2, 0) is 22.0 Å². The Bertz CT molecular complexity index is 3460. The number of aryl methyl sites for hydroxylation is 1. The first kappa shape index (κ1) is 47.5. The van der Waals surface area contributed by atoms with Crippen molar-refractivity contribution in [3.05, 3.63) is 283 Å². The summed E-state index contributed by atoms with van der Waals surface area (Å²) in [7, 11) is -4.66. The zero-order valence-corrected chi connectivity index (χ0v) is 41.8. The molecule has 0 fully saturated rings. The molecule has 0 aliphatic rings. The minimum Gasteiger partial charge on any atom is -0.497 e. The summed E-state index contributed by atoms with van der Waals surface area (Å²) < 4.78 is 54.2. The van der Waals surface area contributed by atoms with E-state index < -0.39 is 14.3 Å². The van der Waals surface area contributed by atoms with Crippen LogP contribution in [0.1, 0.15) is 27.8 Å². The highest BCUT2D eigenvalue weighted by molar-refractivity contribution is 7.85. The molecule has 10 aromatic rings. The number of hydrogen-bond donors (Lipinski definition) is 0. The molecule has 0 aromatic heterocycles. The molecule has 354 valence electrons. The summed E-state index contributed by atoms with van der Waals surface area (Å²) in [6, 6.07) is 82.3. The average molecular weight is 979 g/mol. The van der Waals surface area contributed by atoms with E-state index >= 15 is 4.57 Å². The highest BCUT2D eigenvalue weighted by atomic mass is 31.2. The summed E-state index contributed by atoms with van der Waals surface area (Å²) in [5, 5.41) is 4.51. The van der Waals surface area contributed by atoms with E-state index in [1.165, 1.54) is 11.1 Å². The molecule has 72 heavy (non-hydrogen) atoms. The molecule has 6 nitrogen and oxygen atoms in total. The number of rotatable bonds is 17. The topological polar surface area (TPSA) is 71.1 Å². The second kappa shape index (κ2) is 21.5. The molecule has 10 rings (SSSR count). The van der Waals surface area contributed by atoms with E-state index in [-0.39, 0.29) is 0 Å². The van der Waals surface area contributed by atoms with Crippen molar-refractivity contribution in [1.29, 1.82) is 0 Å². The van der Waals surface area contributed by atoms with Gasteiger partial charge in [-0.2, -0.15) is 0 Å². The fraction of sp³-hybridized carbons (Fsp3) is 0.0625. The van der Waals surface area contributed by atoms with Crippen molar-refractivity contribution in [3.8, 4) is 40.2 Å². The van der Waals surface area contributed by atoms with E-state index in [1.54, 1.807) is 7.11 Å². The van der Waals surface area contributed by atoms with Gasteiger partial charge in [0.15, 0.2) is 14.3 Å².